The number of benzene rings is 1. The maximum atomic E-state index is 12.7. The fourth-order valence-electron chi connectivity index (χ4n) is 2.55. The number of nitrogens with one attached hydrogen (secondary N) is 1. The molecule has 0 amide bonds. The number of nitrogens with zero attached hydrogens (tertiary/aromatic N) is 1. The summed E-state index contributed by atoms with van der Waals surface area (Å²) in [6.45, 7) is 0. The SMILES string of the molecule is N#Cc1ccc(NC2CCCC(C(F)(F)F)C2)cc1Cl. The quantitative estimate of drug-likeness (QED) is 0.856. The minimum absolute atomic E-state index is 0.0844. The van der Waals surface area contributed by atoms with Crippen molar-refractivity contribution in [3.63, 3.8) is 0 Å². The van der Waals surface area contributed by atoms with Crippen LogP contribution >= 0.6 is 11.6 Å². The molecule has 0 heterocycles. The van der Waals surface area contributed by atoms with Gasteiger partial charge in [-0.2, -0.15) is 18.4 Å². The van der Waals surface area contributed by atoms with Crippen LogP contribution in [0.2, 0.25) is 5.02 Å². The summed E-state index contributed by atoms with van der Waals surface area (Å²) in [5.74, 6) is -1.23. The van der Waals surface area contributed by atoms with Crippen LogP contribution in [0.1, 0.15) is 31.2 Å². The van der Waals surface area contributed by atoms with E-state index in [2.05, 4.69) is 5.32 Å². The van der Waals surface area contributed by atoms with Crippen LogP contribution in [0.4, 0.5) is 18.9 Å². The highest BCUT2D eigenvalue weighted by Gasteiger charge is 2.42. The molecule has 1 aromatic carbocycles. The van der Waals surface area contributed by atoms with Gasteiger partial charge in [0.1, 0.15) is 6.07 Å². The Morgan fingerprint density at radius 1 is 1.30 bits per heavy atom. The van der Waals surface area contributed by atoms with Crippen LogP contribution in [0.3, 0.4) is 0 Å². The largest absolute Gasteiger partial charge is 0.391 e. The molecule has 1 N–H and O–H groups in total. The van der Waals surface area contributed by atoms with Gasteiger partial charge in [0.2, 0.25) is 0 Å². The van der Waals surface area contributed by atoms with Crippen molar-refractivity contribution in [3.8, 4) is 6.07 Å². The van der Waals surface area contributed by atoms with Crippen LogP contribution in [-0.4, -0.2) is 12.2 Å². The number of alkyl halides is 3. The summed E-state index contributed by atoms with van der Waals surface area (Å²) in [5, 5.41) is 12.2. The molecule has 0 radical (unpaired) electrons. The topological polar surface area (TPSA) is 35.8 Å². The molecule has 1 saturated carbocycles. The molecule has 0 bridgehead atoms. The van der Waals surface area contributed by atoms with E-state index < -0.39 is 12.1 Å². The van der Waals surface area contributed by atoms with E-state index >= 15 is 0 Å². The molecule has 1 aliphatic rings. The minimum atomic E-state index is -4.12. The van der Waals surface area contributed by atoms with Gasteiger partial charge in [0.05, 0.1) is 16.5 Å². The van der Waals surface area contributed by atoms with E-state index in [1.165, 1.54) is 0 Å². The molecule has 1 fully saturated rings. The summed E-state index contributed by atoms with van der Waals surface area (Å²) < 4.78 is 38.2. The lowest BCUT2D eigenvalue weighted by Gasteiger charge is -2.31. The normalized spacial score (nSPS) is 23.1. The molecule has 2 nitrogen and oxygen atoms in total. The second kappa shape index (κ2) is 5.92. The minimum Gasteiger partial charge on any atom is -0.382 e. The Bertz CT molecular complexity index is 522. The molecule has 0 saturated heterocycles. The molecular weight excluding hydrogens is 289 g/mol. The maximum absolute atomic E-state index is 12.7. The van der Waals surface area contributed by atoms with Gasteiger partial charge in [-0.25, -0.2) is 0 Å². The average molecular weight is 303 g/mol. The van der Waals surface area contributed by atoms with E-state index in [4.69, 9.17) is 16.9 Å². The molecule has 1 aliphatic carbocycles. The van der Waals surface area contributed by atoms with Crippen LogP contribution < -0.4 is 5.32 Å². The Morgan fingerprint density at radius 2 is 2.05 bits per heavy atom. The van der Waals surface area contributed by atoms with E-state index in [1.807, 2.05) is 6.07 Å². The van der Waals surface area contributed by atoms with Crippen molar-refractivity contribution in [1.29, 1.82) is 5.26 Å². The number of hydrogen-bond donors (Lipinski definition) is 1. The fraction of sp³-hybridized carbons (Fsp3) is 0.500. The van der Waals surface area contributed by atoms with Gasteiger partial charge in [0.25, 0.3) is 0 Å². The number of hydrogen-bond acceptors (Lipinski definition) is 2. The third-order valence-electron chi connectivity index (χ3n) is 3.60. The average Bonchev–Trinajstić information content (AvgIpc) is 2.38. The Labute approximate surface area is 120 Å². The first-order valence-corrected chi connectivity index (χ1v) is 6.81. The highest BCUT2D eigenvalue weighted by atomic mass is 35.5. The maximum Gasteiger partial charge on any atom is 0.391 e. The molecule has 0 spiro atoms. The summed E-state index contributed by atoms with van der Waals surface area (Å²) in [6.07, 6.45) is -2.56. The van der Waals surface area contributed by atoms with Crippen molar-refractivity contribution < 1.29 is 13.2 Å². The van der Waals surface area contributed by atoms with Gasteiger partial charge in [-0.1, -0.05) is 18.0 Å². The van der Waals surface area contributed by atoms with Gasteiger partial charge in [0, 0.05) is 11.7 Å². The molecular formula is C14H14ClF3N2. The van der Waals surface area contributed by atoms with Crippen LogP contribution in [0.15, 0.2) is 18.2 Å². The first kappa shape index (κ1) is 15.0. The van der Waals surface area contributed by atoms with E-state index in [9.17, 15) is 13.2 Å². The standard InChI is InChI=1S/C14H14ClF3N2/c15-13-7-12(5-4-9(13)8-19)20-11-3-1-2-10(6-11)14(16,17)18/h4-5,7,10-11,20H,1-3,6H2. The summed E-state index contributed by atoms with van der Waals surface area (Å²) in [7, 11) is 0. The third-order valence-corrected chi connectivity index (χ3v) is 3.91. The van der Waals surface area contributed by atoms with Crippen LogP contribution in [0, 0.1) is 17.2 Å². The lowest BCUT2D eigenvalue weighted by atomic mass is 9.85. The van der Waals surface area contributed by atoms with E-state index in [1.54, 1.807) is 18.2 Å². The van der Waals surface area contributed by atoms with Crippen LogP contribution in [0.5, 0.6) is 0 Å². The van der Waals surface area contributed by atoms with Crippen LogP contribution in [0.25, 0.3) is 0 Å². The Morgan fingerprint density at radius 3 is 2.65 bits per heavy atom. The smallest absolute Gasteiger partial charge is 0.382 e. The lowest BCUT2D eigenvalue weighted by molar-refractivity contribution is -0.182. The van der Waals surface area contributed by atoms with Gasteiger partial charge in [-0.15, -0.1) is 0 Å². The highest BCUT2D eigenvalue weighted by Crippen LogP contribution is 2.38. The molecule has 2 unspecified atom stereocenters. The molecule has 108 valence electrons. The van der Waals surface area contributed by atoms with Gasteiger partial charge >= 0.3 is 6.18 Å². The molecule has 2 atom stereocenters. The highest BCUT2D eigenvalue weighted by molar-refractivity contribution is 6.32. The first-order chi connectivity index (χ1) is 9.40. The Kier molecular flexibility index (Phi) is 4.44. The molecule has 20 heavy (non-hydrogen) atoms. The van der Waals surface area contributed by atoms with Crippen LogP contribution in [-0.2, 0) is 0 Å². The fourth-order valence-corrected chi connectivity index (χ4v) is 2.77. The summed E-state index contributed by atoms with van der Waals surface area (Å²) in [4.78, 5) is 0. The predicted octanol–water partition coefficient (Wildman–Crippen LogP) is 4.74. The van der Waals surface area contributed by atoms with Crippen molar-refractivity contribution in [2.45, 2.75) is 37.9 Å². The lowest BCUT2D eigenvalue weighted by Crippen LogP contribution is -2.34. The molecule has 0 aliphatic heterocycles. The zero-order chi connectivity index (χ0) is 14.8. The first-order valence-electron chi connectivity index (χ1n) is 6.43. The van der Waals surface area contributed by atoms with Crippen molar-refractivity contribution in [2.24, 2.45) is 5.92 Å². The molecule has 6 heteroatoms. The van der Waals surface area contributed by atoms with Crippen molar-refractivity contribution in [1.82, 2.24) is 0 Å². The summed E-state index contributed by atoms with van der Waals surface area (Å²) in [6, 6.07) is 6.55. The Hall–Kier alpha value is -1.41. The van der Waals surface area contributed by atoms with Gasteiger partial charge in [0.15, 0.2) is 0 Å². The summed E-state index contributed by atoms with van der Waals surface area (Å²) >= 11 is 5.91. The number of rotatable bonds is 2. The molecule has 2 rings (SSSR count). The molecule has 1 aromatic rings. The zero-order valence-electron chi connectivity index (χ0n) is 10.7. The van der Waals surface area contributed by atoms with Gasteiger partial charge in [-0.3, -0.25) is 0 Å². The predicted molar refractivity (Wildman–Crippen MR) is 71.6 cm³/mol. The third kappa shape index (κ3) is 3.57. The second-order valence-electron chi connectivity index (χ2n) is 5.05. The second-order valence-corrected chi connectivity index (χ2v) is 5.46. The molecule has 0 aromatic heterocycles. The van der Waals surface area contributed by atoms with Crippen molar-refractivity contribution in [3.05, 3.63) is 28.8 Å². The van der Waals surface area contributed by atoms with Crippen molar-refractivity contribution in [2.75, 3.05) is 5.32 Å². The number of anilines is 1. The Balaban J connectivity index is 2.03. The van der Waals surface area contributed by atoms with Crippen molar-refractivity contribution >= 4 is 17.3 Å². The van der Waals surface area contributed by atoms with Gasteiger partial charge < -0.3 is 5.32 Å². The number of nitriles is 1. The number of halogens is 4. The van der Waals surface area contributed by atoms with E-state index in [0.29, 0.717) is 29.1 Å². The van der Waals surface area contributed by atoms with E-state index in [-0.39, 0.29) is 18.9 Å². The van der Waals surface area contributed by atoms with E-state index in [0.717, 1.165) is 0 Å². The van der Waals surface area contributed by atoms with Gasteiger partial charge in [-0.05, 0) is 37.5 Å². The summed E-state index contributed by atoms with van der Waals surface area (Å²) in [5.41, 5.74) is 1.01. The zero-order valence-corrected chi connectivity index (χ0v) is 11.4. The monoisotopic (exact) mass is 302 g/mol.